The van der Waals surface area contributed by atoms with Gasteiger partial charge in [-0.3, -0.25) is 0 Å². The minimum absolute atomic E-state index is 0.0356. The van der Waals surface area contributed by atoms with E-state index in [0.717, 1.165) is 11.3 Å². The number of rotatable bonds is 5. The van der Waals surface area contributed by atoms with Crippen LogP contribution >= 0.6 is 11.6 Å². The van der Waals surface area contributed by atoms with Crippen molar-refractivity contribution in [3.63, 3.8) is 0 Å². The number of nitrogens with one attached hydrogen (secondary N) is 1. The Kier molecular flexibility index (Phi) is 4.49. The first kappa shape index (κ1) is 15.1. The van der Waals surface area contributed by atoms with Crippen LogP contribution in [0.2, 0.25) is 5.22 Å². The van der Waals surface area contributed by atoms with E-state index < -0.39 is 10.0 Å². The average molecular weight is 315 g/mol. The van der Waals surface area contributed by atoms with Gasteiger partial charge in [0.1, 0.15) is 5.76 Å². The minimum atomic E-state index is -3.65. The molecule has 0 bridgehead atoms. The van der Waals surface area contributed by atoms with Crippen LogP contribution < -0.4 is 10.5 Å². The van der Waals surface area contributed by atoms with Crippen LogP contribution in [0.3, 0.4) is 0 Å². The van der Waals surface area contributed by atoms with Gasteiger partial charge in [0.15, 0.2) is 5.22 Å². The predicted molar refractivity (Wildman–Crippen MR) is 76.8 cm³/mol. The zero-order valence-electron chi connectivity index (χ0n) is 10.8. The van der Waals surface area contributed by atoms with Gasteiger partial charge in [0.25, 0.3) is 0 Å². The molecule has 0 aliphatic rings. The molecule has 1 heterocycles. The first-order chi connectivity index (χ1) is 9.36. The maximum Gasteiger partial charge on any atom is 0.238 e. The Labute approximate surface area is 122 Å². The maximum atomic E-state index is 11.2. The Morgan fingerprint density at radius 2 is 1.90 bits per heavy atom. The molecular formula is C13H15ClN2O3S. The molecule has 0 aliphatic heterocycles. The van der Waals surface area contributed by atoms with Crippen molar-refractivity contribution in [2.45, 2.75) is 24.4 Å². The van der Waals surface area contributed by atoms with Gasteiger partial charge in [0, 0.05) is 6.04 Å². The van der Waals surface area contributed by atoms with Crippen LogP contribution in [0.5, 0.6) is 0 Å². The summed E-state index contributed by atoms with van der Waals surface area (Å²) >= 11 is 5.69. The lowest BCUT2D eigenvalue weighted by atomic mass is 10.1. The van der Waals surface area contributed by atoms with Crippen molar-refractivity contribution in [3.8, 4) is 0 Å². The molecule has 0 saturated carbocycles. The molecule has 2 rings (SSSR count). The highest BCUT2D eigenvalue weighted by Crippen LogP contribution is 2.17. The highest BCUT2D eigenvalue weighted by Gasteiger charge is 2.10. The van der Waals surface area contributed by atoms with Crippen molar-refractivity contribution < 1.29 is 12.8 Å². The molecule has 1 atom stereocenters. The fourth-order valence-corrected chi connectivity index (χ4v) is 2.44. The molecule has 1 aromatic heterocycles. The molecule has 1 unspecified atom stereocenters. The normalized spacial score (nSPS) is 13.3. The van der Waals surface area contributed by atoms with Gasteiger partial charge < -0.3 is 9.73 Å². The quantitative estimate of drug-likeness (QED) is 0.887. The number of primary sulfonamides is 1. The predicted octanol–water partition coefficient (Wildman–Crippen LogP) is 2.43. The van der Waals surface area contributed by atoms with Gasteiger partial charge in [-0.05, 0) is 48.4 Å². The van der Waals surface area contributed by atoms with Crippen LogP contribution in [0, 0.1) is 0 Å². The maximum absolute atomic E-state index is 11.2. The van der Waals surface area contributed by atoms with E-state index in [-0.39, 0.29) is 10.9 Å². The van der Waals surface area contributed by atoms with Gasteiger partial charge in [0.2, 0.25) is 10.0 Å². The molecule has 0 radical (unpaired) electrons. The van der Waals surface area contributed by atoms with Gasteiger partial charge in [0.05, 0.1) is 11.4 Å². The molecule has 3 N–H and O–H groups in total. The Hall–Kier alpha value is -1.34. The molecule has 0 spiro atoms. The van der Waals surface area contributed by atoms with E-state index >= 15 is 0 Å². The van der Waals surface area contributed by atoms with E-state index in [0.29, 0.717) is 11.8 Å². The Morgan fingerprint density at radius 1 is 1.25 bits per heavy atom. The lowest BCUT2D eigenvalue weighted by Gasteiger charge is -2.13. The third kappa shape index (κ3) is 3.83. The molecule has 1 aromatic carbocycles. The molecule has 108 valence electrons. The number of furan rings is 1. The number of halogens is 1. The summed E-state index contributed by atoms with van der Waals surface area (Å²) in [7, 11) is -3.65. The van der Waals surface area contributed by atoms with Crippen molar-refractivity contribution in [3.05, 3.63) is 52.9 Å². The van der Waals surface area contributed by atoms with Crippen molar-refractivity contribution in [2.75, 3.05) is 0 Å². The van der Waals surface area contributed by atoms with Crippen molar-refractivity contribution in [1.29, 1.82) is 0 Å². The fraction of sp³-hybridized carbons (Fsp3) is 0.231. The van der Waals surface area contributed by atoms with Crippen LogP contribution in [0.15, 0.2) is 45.7 Å². The summed E-state index contributed by atoms with van der Waals surface area (Å²) in [6, 6.07) is 9.96. The lowest BCUT2D eigenvalue weighted by molar-refractivity contribution is 0.461. The van der Waals surface area contributed by atoms with Gasteiger partial charge >= 0.3 is 0 Å². The zero-order chi connectivity index (χ0) is 14.8. The lowest BCUT2D eigenvalue weighted by Crippen LogP contribution is -2.18. The topological polar surface area (TPSA) is 85.3 Å². The number of sulfonamides is 1. The molecule has 0 saturated heterocycles. The molecule has 20 heavy (non-hydrogen) atoms. The summed E-state index contributed by atoms with van der Waals surface area (Å²) in [6.45, 7) is 2.50. The number of nitrogens with two attached hydrogens (primary N) is 1. The largest absolute Gasteiger partial charge is 0.448 e. The second-order valence-electron chi connectivity index (χ2n) is 4.42. The van der Waals surface area contributed by atoms with Crippen molar-refractivity contribution >= 4 is 21.6 Å². The number of hydrogen-bond acceptors (Lipinski definition) is 4. The van der Waals surface area contributed by atoms with E-state index in [1.807, 2.05) is 6.92 Å². The monoisotopic (exact) mass is 314 g/mol. The summed E-state index contributed by atoms with van der Waals surface area (Å²) in [5, 5.41) is 8.66. The van der Waals surface area contributed by atoms with Crippen LogP contribution in [-0.4, -0.2) is 8.42 Å². The summed E-state index contributed by atoms with van der Waals surface area (Å²) < 4.78 is 27.6. The Bertz CT molecular complexity index is 680. The van der Waals surface area contributed by atoms with Crippen LogP contribution in [0.1, 0.15) is 24.3 Å². The SMILES string of the molecule is CC(NCc1ccc(Cl)o1)c1ccc(S(N)(=O)=O)cc1. The summed E-state index contributed by atoms with van der Waals surface area (Å²) in [6.07, 6.45) is 0. The second-order valence-corrected chi connectivity index (χ2v) is 6.36. The van der Waals surface area contributed by atoms with E-state index in [1.165, 1.54) is 12.1 Å². The third-order valence-corrected chi connectivity index (χ3v) is 4.05. The van der Waals surface area contributed by atoms with E-state index in [2.05, 4.69) is 5.32 Å². The fourth-order valence-electron chi connectivity index (χ4n) is 1.76. The Balaban J connectivity index is 2.00. The minimum Gasteiger partial charge on any atom is -0.448 e. The van der Waals surface area contributed by atoms with Gasteiger partial charge in [-0.2, -0.15) is 0 Å². The summed E-state index contributed by atoms with van der Waals surface area (Å²) in [4.78, 5) is 0.103. The molecule has 0 amide bonds. The number of hydrogen-bond donors (Lipinski definition) is 2. The average Bonchev–Trinajstić information content (AvgIpc) is 2.81. The molecule has 0 fully saturated rings. The zero-order valence-corrected chi connectivity index (χ0v) is 12.4. The van der Waals surface area contributed by atoms with Crippen molar-refractivity contribution in [1.82, 2.24) is 5.32 Å². The first-order valence-corrected chi connectivity index (χ1v) is 7.89. The smallest absolute Gasteiger partial charge is 0.238 e. The van der Waals surface area contributed by atoms with E-state index in [1.54, 1.807) is 24.3 Å². The van der Waals surface area contributed by atoms with E-state index in [9.17, 15) is 8.42 Å². The van der Waals surface area contributed by atoms with Gasteiger partial charge in [-0.25, -0.2) is 13.6 Å². The first-order valence-electron chi connectivity index (χ1n) is 5.96. The van der Waals surface area contributed by atoms with Crippen LogP contribution in [-0.2, 0) is 16.6 Å². The molecule has 5 nitrogen and oxygen atoms in total. The van der Waals surface area contributed by atoms with E-state index in [4.69, 9.17) is 21.2 Å². The molecular weight excluding hydrogens is 300 g/mol. The number of benzene rings is 1. The molecule has 7 heteroatoms. The van der Waals surface area contributed by atoms with Gasteiger partial charge in [-0.15, -0.1) is 0 Å². The molecule has 0 aliphatic carbocycles. The van der Waals surface area contributed by atoms with Crippen LogP contribution in [0.25, 0.3) is 0 Å². The Morgan fingerprint density at radius 3 is 2.40 bits per heavy atom. The van der Waals surface area contributed by atoms with Crippen LogP contribution in [0.4, 0.5) is 0 Å². The third-order valence-electron chi connectivity index (χ3n) is 2.92. The van der Waals surface area contributed by atoms with Gasteiger partial charge in [-0.1, -0.05) is 12.1 Å². The molecule has 2 aromatic rings. The summed E-state index contributed by atoms with van der Waals surface area (Å²) in [5.41, 5.74) is 0.954. The highest BCUT2D eigenvalue weighted by atomic mass is 35.5. The highest BCUT2D eigenvalue weighted by molar-refractivity contribution is 7.89. The standard InChI is InChI=1S/C13H15ClN2O3S/c1-9(16-8-11-4-7-13(14)19-11)10-2-5-12(6-3-10)20(15,17)18/h2-7,9,16H,8H2,1H3,(H2,15,17,18). The van der Waals surface area contributed by atoms with Crippen molar-refractivity contribution in [2.24, 2.45) is 5.14 Å². The summed E-state index contributed by atoms with van der Waals surface area (Å²) in [5.74, 6) is 0.739. The second kappa shape index (κ2) is 5.97.